The summed E-state index contributed by atoms with van der Waals surface area (Å²) < 4.78 is 4.84. The smallest absolute Gasteiger partial charge is 0.307 e. The molecule has 0 saturated carbocycles. The zero-order valence-electron chi connectivity index (χ0n) is 19.1. The molecule has 0 aromatic carbocycles. The predicted octanol–water partition coefficient (Wildman–Crippen LogP) is 3.26. The summed E-state index contributed by atoms with van der Waals surface area (Å²) in [6.07, 6.45) is 10.3. The molecule has 0 aromatic rings. The summed E-state index contributed by atoms with van der Waals surface area (Å²) >= 11 is 0. The Kier molecular flexibility index (Phi) is 13.3. The fourth-order valence-corrected chi connectivity index (χ4v) is 3.35. The number of esters is 1. The molecule has 8 heteroatoms. The fraction of sp³-hybridized carbons (Fsp3) is 0.522. The van der Waals surface area contributed by atoms with Gasteiger partial charge in [0.15, 0.2) is 5.76 Å². The van der Waals surface area contributed by atoms with Crippen molar-refractivity contribution < 1.29 is 29.1 Å². The number of hydrogen-bond donors (Lipinski definition) is 2. The Morgan fingerprint density at radius 1 is 1.23 bits per heavy atom. The summed E-state index contributed by atoms with van der Waals surface area (Å²) in [6, 6.07) is -0.256. The van der Waals surface area contributed by atoms with Gasteiger partial charge in [-0.25, -0.2) is 0 Å². The van der Waals surface area contributed by atoms with Gasteiger partial charge >= 0.3 is 5.97 Å². The lowest BCUT2D eigenvalue weighted by Gasteiger charge is -2.25. The Morgan fingerprint density at radius 2 is 1.97 bits per heavy atom. The van der Waals surface area contributed by atoms with Crippen molar-refractivity contribution in [1.29, 1.82) is 0 Å². The summed E-state index contributed by atoms with van der Waals surface area (Å²) in [5, 5.41) is 6.90. The minimum absolute atomic E-state index is 0.110. The first-order valence-electron chi connectivity index (χ1n) is 10.4. The van der Waals surface area contributed by atoms with Crippen molar-refractivity contribution in [2.24, 2.45) is 0 Å². The van der Waals surface area contributed by atoms with E-state index in [1.807, 2.05) is 0 Å². The normalized spacial score (nSPS) is 15.9. The van der Waals surface area contributed by atoms with Crippen LogP contribution in [0.5, 0.6) is 0 Å². The SMILES string of the molecule is C=C/C=C(\C(=C)OOC)C(CC(=O)OC)NCCNC(CC)C1=C(OOC)CCC=C1. The van der Waals surface area contributed by atoms with E-state index in [2.05, 4.69) is 42.9 Å². The Hall–Kier alpha value is -2.39. The van der Waals surface area contributed by atoms with Crippen LogP contribution in [0.15, 0.2) is 60.1 Å². The molecule has 0 saturated heterocycles. The standard InChI is InChI=1S/C23H36N2O6/c1-7-11-18(17(3)30-28-5)21(16-23(26)27-4)25-15-14-24-20(8-2)19-12-9-10-13-22(19)31-29-6/h7,9,11-12,20-21,24-25H,1,3,8,10,13-16H2,2,4-6H3/b18-11+. The summed E-state index contributed by atoms with van der Waals surface area (Å²) in [7, 11) is 4.26. The highest BCUT2D eigenvalue weighted by molar-refractivity contribution is 5.71. The first-order chi connectivity index (χ1) is 15.0. The number of nitrogens with one attached hydrogen (secondary N) is 2. The van der Waals surface area contributed by atoms with Gasteiger partial charge in [-0.2, -0.15) is 9.78 Å². The maximum atomic E-state index is 11.9. The van der Waals surface area contributed by atoms with E-state index in [-0.39, 0.29) is 24.5 Å². The molecule has 2 atom stereocenters. The lowest BCUT2D eigenvalue weighted by molar-refractivity contribution is -0.240. The molecule has 0 aromatic heterocycles. The van der Waals surface area contributed by atoms with Gasteiger partial charge in [0.1, 0.15) is 5.76 Å². The summed E-state index contributed by atoms with van der Waals surface area (Å²) in [5.74, 6) is 0.795. The van der Waals surface area contributed by atoms with E-state index in [4.69, 9.17) is 24.3 Å². The van der Waals surface area contributed by atoms with Crippen LogP contribution in [-0.4, -0.2) is 52.5 Å². The van der Waals surface area contributed by atoms with E-state index in [9.17, 15) is 4.79 Å². The van der Waals surface area contributed by atoms with Gasteiger partial charge in [-0.3, -0.25) is 4.79 Å². The largest absolute Gasteiger partial charge is 0.469 e. The molecular weight excluding hydrogens is 400 g/mol. The third-order valence-corrected chi connectivity index (χ3v) is 4.81. The Labute approximate surface area is 185 Å². The van der Waals surface area contributed by atoms with Crippen LogP contribution >= 0.6 is 0 Å². The second-order valence-corrected chi connectivity index (χ2v) is 6.80. The van der Waals surface area contributed by atoms with E-state index in [0.717, 1.165) is 30.6 Å². The number of rotatable bonds is 16. The molecule has 0 radical (unpaired) electrons. The van der Waals surface area contributed by atoms with Crippen molar-refractivity contribution in [3.05, 3.63) is 60.1 Å². The lowest BCUT2D eigenvalue weighted by atomic mass is 9.96. The molecule has 8 nitrogen and oxygen atoms in total. The Morgan fingerprint density at radius 3 is 2.58 bits per heavy atom. The van der Waals surface area contributed by atoms with Gasteiger partial charge in [0.05, 0.1) is 27.8 Å². The summed E-state index contributed by atoms with van der Waals surface area (Å²) in [6.45, 7) is 10.9. The number of ether oxygens (including phenoxy) is 1. The van der Waals surface area contributed by atoms with Crippen molar-refractivity contribution in [3.8, 4) is 0 Å². The van der Waals surface area contributed by atoms with Gasteiger partial charge in [0.2, 0.25) is 0 Å². The third kappa shape index (κ3) is 9.10. The number of hydrogen-bond acceptors (Lipinski definition) is 8. The summed E-state index contributed by atoms with van der Waals surface area (Å²) in [5.41, 5.74) is 1.75. The maximum absolute atomic E-state index is 11.9. The average Bonchev–Trinajstić information content (AvgIpc) is 2.77. The van der Waals surface area contributed by atoms with Gasteiger partial charge in [-0.05, 0) is 12.8 Å². The van der Waals surface area contributed by atoms with Crippen molar-refractivity contribution in [2.45, 2.75) is 44.7 Å². The molecule has 0 fully saturated rings. The van der Waals surface area contributed by atoms with Crippen LogP contribution in [0.1, 0.15) is 32.6 Å². The van der Waals surface area contributed by atoms with Crippen molar-refractivity contribution in [3.63, 3.8) is 0 Å². The van der Waals surface area contributed by atoms with Crippen LogP contribution in [0.2, 0.25) is 0 Å². The van der Waals surface area contributed by atoms with Crippen molar-refractivity contribution in [1.82, 2.24) is 10.6 Å². The lowest BCUT2D eigenvalue weighted by Crippen LogP contribution is -2.41. The van der Waals surface area contributed by atoms with Gasteiger partial charge in [-0.15, -0.1) is 0 Å². The van der Waals surface area contributed by atoms with Crippen LogP contribution < -0.4 is 10.6 Å². The number of carbonyl (C=O) groups excluding carboxylic acids is 1. The summed E-state index contributed by atoms with van der Waals surface area (Å²) in [4.78, 5) is 32.0. The minimum atomic E-state index is -0.379. The maximum Gasteiger partial charge on any atom is 0.307 e. The number of allylic oxidation sites excluding steroid dienone is 4. The fourth-order valence-electron chi connectivity index (χ4n) is 3.35. The van der Waals surface area contributed by atoms with Crippen LogP contribution in [0, 0.1) is 0 Å². The Bertz CT molecular complexity index is 684. The third-order valence-electron chi connectivity index (χ3n) is 4.81. The van der Waals surface area contributed by atoms with Gasteiger partial charge in [0, 0.05) is 42.7 Å². The average molecular weight is 437 g/mol. The van der Waals surface area contributed by atoms with Crippen molar-refractivity contribution in [2.75, 3.05) is 34.4 Å². The van der Waals surface area contributed by atoms with Crippen LogP contribution in [0.25, 0.3) is 0 Å². The van der Waals surface area contributed by atoms with Crippen LogP contribution in [-0.2, 0) is 29.1 Å². The molecule has 2 unspecified atom stereocenters. The molecule has 2 N–H and O–H groups in total. The monoisotopic (exact) mass is 436 g/mol. The van der Waals surface area contributed by atoms with E-state index < -0.39 is 0 Å². The van der Waals surface area contributed by atoms with Gasteiger partial charge < -0.3 is 25.1 Å². The zero-order valence-corrected chi connectivity index (χ0v) is 19.1. The van der Waals surface area contributed by atoms with Gasteiger partial charge in [-0.1, -0.05) is 44.4 Å². The molecule has 1 aliphatic carbocycles. The van der Waals surface area contributed by atoms with E-state index >= 15 is 0 Å². The first kappa shape index (κ1) is 26.6. The van der Waals surface area contributed by atoms with Crippen LogP contribution in [0.3, 0.4) is 0 Å². The molecule has 1 aliphatic rings. The number of carbonyl (C=O) groups is 1. The highest BCUT2D eigenvalue weighted by Gasteiger charge is 2.23. The molecule has 0 aliphatic heterocycles. The number of methoxy groups -OCH3 is 1. The topological polar surface area (TPSA) is 87.3 Å². The molecule has 0 spiro atoms. The molecule has 0 heterocycles. The first-order valence-corrected chi connectivity index (χ1v) is 10.4. The molecule has 31 heavy (non-hydrogen) atoms. The predicted molar refractivity (Wildman–Crippen MR) is 120 cm³/mol. The molecule has 0 bridgehead atoms. The van der Waals surface area contributed by atoms with Gasteiger partial charge in [0.25, 0.3) is 0 Å². The highest BCUT2D eigenvalue weighted by atomic mass is 17.2. The zero-order chi connectivity index (χ0) is 23.1. The second-order valence-electron chi connectivity index (χ2n) is 6.80. The quantitative estimate of drug-likeness (QED) is 0.0952. The molecule has 0 amide bonds. The van der Waals surface area contributed by atoms with E-state index in [1.54, 1.807) is 12.2 Å². The van der Waals surface area contributed by atoms with E-state index in [1.165, 1.54) is 21.3 Å². The molecule has 174 valence electrons. The molecular formula is C23H36N2O6. The second kappa shape index (κ2) is 15.4. The molecule has 1 rings (SSSR count). The minimum Gasteiger partial charge on any atom is -0.469 e. The Balaban J connectivity index is 2.80. The highest BCUT2D eigenvalue weighted by Crippen LogP contribution is 2.24. The van der Waals surface area contributed by atoms with Crippen LogP contribution in [0.4, 0.5) is 0 Å². The van der Waals surface area contributed by atoms with Crippen molar-refractivity contribution >= 4 is 5.97 Å². The van der Waals surface area contributed by atoms with E-state index in [0.29, 0.717) is 24.4 Å².